The molecule has 0 saturated carbocycles. The molecule has 0 spiro atoms. The fourth-order valence-corrected chi connectivity index (χ4v) is 3.14. The molecule has 0 aliphatic carbocycles. The molecule has 0 saturated heterocycles. The van der Waals surface area contributed by atoms with Crippen LogP contribution >= 0.6 is 11.6 Å². The second-order valence-electron chi connectivity index (χ2n) is 6.09. The lowest BCUT2D eigenvalue weighted by Gasteiger charge is -2.09. The quantitative estimate of drug-likeness (QED) is 0.525. The summed E-state index contributed by atoms with van der Waals surface area (Å²) >= 11 is 6.15. The Bertz CT molecular complexity index is 1140. The number of aromatic nitrogens is 4. The zero-order chi connectivity index (χ0) is 18.5. The average molecular weight is 361 g/mol. The van der Waals surface area contributed by atoms with Gasteiger partial charge in [-0.25, -0.2) is 4.79 Å². The molecule has 130 valence electrons. The van der Waals surface area contributed by atoms with E-state index < -0.39 is 11.2 Å². The third-order valence-corrected chi connectivity index (χ3v) is 4.57. The van der Waals surface area contributed by atoms with Crippen molar-refractivity contribution in [3.8, 4) is 0 Å². The summed E-state index contributed by atoms with van der Waals surface area (Å²) in [6, 6.07) is 5.54. The molecule has 0 fully saturated rings. The van der Waals surface area contributed by atoms with Crippen LogP contribution in [-0.2, 0) is 20.6 Å². The van der Waals surface area contributed by atoms with Crippen LogP contribution in [0.3, 0.4) is 0 Å². The van der Waals surface area contributed by atoms with E-state index in [-0.39, 0.29) is 28.8 Å². The summed E-state index contributed by atoms with van der Waals surface area (Å²) < 4.78 is 3.56. The van der Waals surface area contributed by atoms with E-state index >= 15 is 0 Å². The van der Waals surface area contributed by atoms with Crippen molar-refractivity contribution in [3.63, 3.8) is 0 Å². The van der Waals surface area contributed by atoms with Gasteiger partial charge in [0.1, 0.15) is 0 Å². The molecule has 2 heterocycles. The van der Waals surface area contributed by atoms with Crippen LogP contribution < -0.4 is 11.2 Å². The molecule has 2 aromatic heterocycles. The van der Waals surface area contributed by atoms with Crippen molar-refractivity contribution in [2.24, 2.45) is 14.1 Å². The maximum absolute atomic E-state index is 12.7. The monoisotopic (exact) mass is 360 g/mol. The van der Waals surface area contributed by atoms with Crippen molar-refractivity contribution in [2.75, 3.05) is 0 Å². The van der Waals surface area contributed by atoms with Crippen LogP contribution in [0.25, 0.3) is 11.2 Å². The molecule has 0 radical (unpaired) electrons. The van der Waals surface area contributed by atoms with Gasteiger partial charge in [0.2, 0.25) is 5.28 Å². The summed E-state index contributed by atoms with van der Waals surface area (Å²) in [5.74, 6) is -0.186. The molecule has 8 heteroatoms. The van der Waals surface area contributed by atoms with Crippen LogP contribution in [0.1, 0.15) is 21.5 Å². The minimum Gasteiger partial charge on any atom is -0.301 e. The van der Waals surface area contributed by atoms with E-state index in [9.17, 15) is 14.4 Å². The van der Waals surface area contributed by atoms with Crippen LogP contribution in [0, 0.1) is 13.8 Å². The first-order chi connectivity index (χ1) is 11.7. The molecule has 0 bridgehead atoms. The maximum Gasteiger partial charge on any atom is 0.332 e. The van der Waals surface area contributed by atoms with Crippen LogP contribution in [0.4, 0.5) is 0 Å². The van der Waals surface area contributed by atoms with Crippen LogP contribution in [-0.4, -0.2) is 24.5 Å². The topological polar surface area (TPSA) is 78.9 Å². The second-order valence-corrected chi connectivity index (χ2v) is 6.42. The van der Waals surface area contributed by atoms with Gasteiger partial charge in [0.05, 0.1) is 6.54 Å². The first-order valence-corrected chi connectivity index (χ1v) is 8.02. The SMILES string of the molecule is Cc1ccc(C(=O)Cn2c(Cl)nc3c2c(=O)n(C)c(=O)n3C)c(C)c1. The van der Waals surface area contributed by atoms with Gasteiger partial charge in [-0.3, -0.25) is 18.7 Å². The molecule has 0 atom stereocenters. The second kappa shape index (κ2) is 6.00. The van der Waals surface area contributed by atoms with E-state index in [1.165, 1.54) is 23.2 Å². The Balaban J connectivity index is 2.17. The van der Waals surface area contributed by atoms with Crippen molar-refractivity contribution in [2.45, 2.75) is 20.4 Å². The van der Waals surface area contributed by atoms with Crippen LogP contribution in [0.15, 0.2) is 27.8 Å². The molecule has 0 aliphatic rings. The number of carbonyl (C=O) groups is 1. The Hall–Kier alpha value is -2.67. The summed E-state index contributed by atoms with van der Waals surface area (Å²) in [6.07, 6.45) is 0. The molecule has 1 aromatic carbocycles. The van der Waals surface area contributed by atoms with Gasteiger partial charge in [-0.2, -0.15) is 4.98 Å². The number of Topliss-reactive ketones (excluding diaryl/α,β-unsaturated/α-hetero) is 1. The highest BCUT2D eigenvalue weighted by atomic mass is 35.5. The number of benzene rings is 1. The van der Waals surface area contributed by atoms with E-state index in [2.05, 4.69) is 4.98 Å². The van der Waals surface area contributed by atoms with E-state index in [4.69, 9.17) is 11.6 Å². The third-order valence-electron chi connectivity index (χ3n) is 4.29. The number of aryl methyl sites for hydroxylation is 3. The number of hydrogen-bond acceptors (Lipinski definition) is 4. The number of ketones is 1. The number of carbonyl (C=O) groups excluding carboxylic acids is 1. The number of hydrogen-bond donors (Lipinski definition) is 0. The number of fused-ring (bicyclic) bond motifs is 1. The van der Waals surface area contributed by atoms with Gasteiger partial charge in [-0.15, -0.1) is 0 Å². The molecule has 0 amide bonds. The van der Waals surface area contributed by atoms with Crippen molar-refractivity contribution in [1.82, 2.24) is 18.7 Å². The molecular formula is C17H17ClN4O3. The van der Waals surface area contributed by atoms with E-state index in [1.54, 1.807) is 6.07 Å². The fourth-order valence-electron chi connectivity index (χ4n) is 2.92. The minimum absolute atomic E-state index is 0.00795. The smallest absolute Gasteiger partial charge is 0.301 e. The largest absolute Gasteiger partial charge is 0.332 e. The lowest BCUT2D eigenvalue weighted by molar-refractivity contribution is 0.0973. The Kier molecular flexibility index (Phi) is 4.12. The highest BCUT2D eigenvalue weighted by Crippen LogP contribution is 2.18. The van der Waals surface area contributed by atoms with Crippen molar-refractivity contribution in [1.29, 1.82) is 0 Å². The maximum atomic E-state index is 12.7. The first kappa shape index (κ1) is 17.2. The molecule has 3 aromatic rings. The molecule has 0 N–H and O–H groups in total. The Labute approximate surface area is 148 Å². The van der Waals surface area contributed by atoms with E-state index in [0.717, 1.165) is 15.7 Å². The fraction of sp³-hybridized carbons (Fsp3) is 0.294. The van der Waals surface area contributed by atoms with Gasteiger partial charge in [-0.1, -0.05) is 23.8 Å². The standard InChI is InChI=1S/C17H17ClN4O3/c1-9-5-6-11(10(2)7-9)12(23)8-22-13-14(19-16(22)18)20(3)17(25)21(4)15(13)24/h5-7H,8H2,1-4H3. The van der Waals surface area contributed by atoms with Crippen LogP contribution in [0.5, 0.6) is 0 Å². The normalized spacial score (nSPS) is 11.2. The number of rotatable bonds is 3. The van der Waals surface area contributed by atoms with Crippen molar-refractivity contribution >= 4 is 28.5 Å². The Morgan fingerprint density at radius 2 is 1.84 bits per heavy atom. The lowest BCUT2D eigenvalue weighted by Crippen LogP contribution is -2.37. The summed E-state index contributed by atoms with van der Waals surface area (Å²) in [7, 11) is 2.88. The molecule has 0 unspecified atom stereocenters. The Morgan fingerprint density at radius 3 is 2.48 bits per heavy atom. The molecule has 25 heavy (non-hydrogen) atoms. The first-order valence-electron chi connectivity index (χ1n) is 7.64. The van der Waals surface area contributed by atoms with Crippen LogP contribution in [0.2, 0.25) is 5.28 Å². The van der Waals surface area contributed by atoms with Crippen molar-refractivity contribution in [3.05, 3.63) is 61.0 Å². The number of halogens is 1. The third kappa shape index (κ3) is 2.70. The molecular weight excluding hydrogens is 344 g/mol. The van der Waals surface area contributed by atoms with E-state index in [1.807, 2.05) is 26.0 Å². The zero-order valence-electron chi connectivity index (χ0n) is 14.3. The van der Waals surface area contributed by atoms with Gasteiger partial charge in [0.25, 0.3) is 5.56 Å². The highest BCUT2D eigenvalue weighted by molar-refractivity contribution is 6.29. The van der Waals surface area contributed by atoms with Gasteiger partial charge in [0.15, 0.2) is 16.9 Å². The summed E-state index contributed by atoms with van der Waals surface area (Å²) in [4.78, 5) is 41.3. The van der Waals surface area contributed by atoms with Crippen molar-refractivity contribution < 1.29 is 4.79 Å². The predicted octanol–water partition coefficient (Wildman–Crippen LogP) is 1.59. The van der Waals surface area contributed by atoms with Gasteiger partial charge in [-0.05, 0) is 31.0 Å². The summed E-state index contributed by atoms with van der Waals surface area (Å²) in [5.41, 5.74) is 1.73. The molecule has 7 nitrogen and oxygen atoms in total. The average Bonchev–Trinajstić information content (AvgIpc) is 2.87. The summed E-state index contributed by atoms with van der Waals surface area (Å²) in [5, 5.41) is -0.00795. The highest BCUT2D eigenvalue weighted by Gasteiger charge is 2.20. The van der Waals surface area contributed by atoms with Gasteiger partial charge < -0.3 is 4.57 Å². The van der Waals surface area contributed by atoms with E-state index in [0.29, 0.717) is 5.56 Å². The molecule has 0 aliphatic heterocycles. The number of nitrogens with zero attached hydrogens (tertiary/aromatic N) is 4. The van der Waals surface area contributed by atoms with Gasteiger partial charge >= 0.3 is 5.69 Å². The number of imidazole rings is 1. The molecule has 3 rings (SSSR count). The Morgan fingerprint density at radius 1 is 1.16 bits per heavy atom. The summed E-state index contributed by atoms with van der Waals surface area (Å²) in [6.45, 7) is 3.68. The zero-order valence-corrected chi connectivity index (χ0v) is 15.1. The van der Waals surface area contributed by atoms with Gasteiger partial charge in [0, 0.05) is 19.7 Å². The minimum atomic E-state index is -0.536. The predicted molar refractivity (Wildman–Crippen MR) is 95.5 cm³/mol. The lowest BCUT2D eigenvalue weighted by atomic mass is 10.0.